The van der Waals surface area contributed by atoms with E-state index >= 15 is 0 Å². The molecule has 0 aliphatic heterocycles. The number of aliphatic hydroxyl groups is 2. The summed E-state index contributed by atoms with van der Waals surface area (Å²) in [7, 11) is 0. The fourth-order valence-corrected chi connectivity index (χ4v) is 1.33. The Morgan fingerprint density at radius 3 is 2.53 bits per heavy atom. The highest BCUT2D eigenvalue weighted by Crippen LogP contribution is 2.37. The first-order valence-corrected chi connectivity index (χ1v) is 5.14. The number of nitrogens with one attached hydrogen (secondary N) is 1. The maximum atomic E-state index is 12.6. The summed E-state index contributed by atoms with van der Waals surface area (Å²) in [5.41, 5.74) is -2.45. The van der Waals surface area contributed by atoms with Crippen LogP contribution in [0, 0.1) is 10.1 Å². The van der Waals surface area contributed by atoms with Gasteiger partial charge in [0.2, 0.25) is 0 Å². The lowest BCUT2D eigenvalue weighted by atomic mass is 10.1. The van der Waals surface area contributed by atoms with E-state index in [0.29, 0.717) is 6.07 Å². The Morgan fingerprint density at radius 2 is 2.05 bits per heavy atom. The second-order valence-electron chi connectivity index (χ2n) is 3.70. The molecule has 0 radical (unpaired) electrons. The van der Waals surface area contributed by atoms with Crippen molar-refractivity contribution in [3.05, 3.63) is 33.9 Å². The van der Waals surface area contributed by atoms with Crippen LogP contribution in [0.2, 0.25) is 0 Å². The summed E-state index contributed by atoms with van der Waals surface area (Å²) < 4.78 is 37.9. The lowest BCUT2D eigenvalue weighted by Crippen LogP contribution is -2.23. The molecule has 0 unspecified atom stereocenters. The third-order valence-corrected chi connectivity index (χ3v) is 2.25. The second kappa shape index (κ2) is 5.85. The van der Waals surface area contributed by atoms with Gasteiger partial charge in [-0.2, -0.15) is 13.2 Å². The van der Waals surface area contributed by atoms with Crippen molar-refractivity contribution < 1.29 is 28.3 Å². The molecule has 6 nitrogen and oxygen atoms in total. The van der Waals surface area contributed by atoms with Crippen LogP contribution in [-0.4, -0.2) is 34.4 Å². The van der Waals surface area contributed by atoms with Crippen molar-refractivity contribution in [3.63, 3.8) is 0 Å². The molecule has 1 atom stereocenters. The molecule has 9 heteroatoms. The van der Waals surface area contributed by atoms with Gasteiger partial charge in [0.15, 0.2) is 0 Å². The van der Waals surface area contributed by atoms with Gasteiger partial charge in [-0.25, -0.2) is 0 Å². The maximum absolute atomic E-state index is 12.6. The van der Waals surface area contributed by atoms with Gasteiger partial charge in [0.25, 0.3) is 5.69 Å². The Balaban J connectivity index is 3.02. The SMILES string of the molecule is O=[N+]([O-])c1ccc(NC[C@H](O)CO)cc1C(F)(F)F. The highest BCUT2D eigenvalue weighted by Gasteiger charge is 2.38. The zero-order valence-corrected chi connectivity index (χ0v) is 9.52. The molecule has 0 saturated carbocycles. The highest BCUT2D eigenvalue weighted by molar-refractivity contribution is 5.55. The maximum Gasteiger partial charge on any atom is 0.423 e. The van der Waals surface area contributed by atoms with E-state index in [1.165, 1.54) is 0 Å². The first-order valence-electron chi connectivity index (χ1n) is 5.14. The van der Waals surface area contributed by atoms with Gasteiger partial charge in [0.05, 0.1) is 17.6 Å². The number of aliphatic hydroxyl groups excluding tert-OH is 2. The van der Waals surface area contributed by atoms with Crippen molar-refractivity contribution >= 4 is 11.4 Å². The van der Waals surface area contributed by atoms with Crippen molar-refractivity contribution in [2.45, 2.75) is 12.3 Å². The van der Waals surface area contributed by atoms with Crippen molar-refractivity contribution in [1.82, 2.24) is 0 Å². The van der Waals surface area contributed by atoms with Gasteiger partial charge in [-0.3, -0.25) is 10.1 Å². The van der Waals surface area contributed by atoms with Crippen LogP contribution in [0.3, 0.4) is 0 Å². The summed E-state index contributed by atoms with van der Waals surface area (Å²) in [5, 5.41) is 30.5. The van der Waals surface area contributed by atoms with Crippen LogP contribution < -0.4 is 5.32 Å². The minimum absolute atomic E-state index is 0.0366. The predicted octanol–water partition coefficient (Wildman–Crippen LogP) is 1.38. The highest BCUT2D eigenvalue weighted by atomic mass is 19.4. The monoisotopic (exact) mass is 280 g/mol. The molecule has 1 aromatic carbocycles. The van der Waals surface area contributed by atoms with Crippen LogP contribution in [0.15, 0.2) is 18.2 Å². The van der Waals surface area contributed by atoms with Crippen LogP contribution in [0.1, 0.15) is 5.56 Å². The van der Waals surface area contributed by atoms with Crippen molar-refractivity contribution in [2.24, 2.45) is 0 Å². The second-order valence-corrected chi connectivity index (χ2v) is 3.70. The average Bonchev–Trinajstić information content (AvgIpc) is 2.34. The number of nitrogens with zero attached hydrogens (tertiary/aromatic N) is 1. The smallest absolute Gasteiger partial charge is 0.394 e. The summed E-state index contributed by atoms with van der Waals surface area (Å²) in [6.07, 6.45) is -5.99. The molecule has 0 aliphatic rings. The van der Waals surface area contributed by atoms with Gasteiger partial charge in [-0.1, -0.05) is 0 Å². The molecule has 3 N–H and O–H groups in total. The van der Waals surface area contributed by atoms with Gasteiger partial charge in [0.1, 0.15) is 5.56 Å². The lowest BCUT2D eigenvalue weighted by molar-refractivity contribution is -0.388. The number of alkyl halides is 3. The largest absolute Gasteiger partial charge is 0.423 e. The Labute approximate surface area is 105 Å². The van der Waals surface area contributed by atoms with Gasteiger partial charge >= 0.3 is 6.18 Å². The molecule has 1 rings (SSSR count). The third kappa shape index (κ3) is 4.07. The Hall–Kier alpha value is -1.87. The standard InChI is InChI=1S/C10H11F3N2O4/c11-10(12,13)8-3-6(14-4-7(17)5-16)1-2-9(8)15(18)19/h1-3,7,14,16-17H,4-5H2/t7-/m0/s1. The van der Waals surface area contributed by atoms with E-state index in [0.717, 1.165) is 12.1 Å². The number of halogens is 3. The topological polar surface area (TPSA) is 95.6 Å². The minimum Gasteiger partial charge on any atom is -0.394 e. The number of benzene rings is 1. The zero-order valence-electron chi connectivity index (χ0n) is 9.52. The summed E-state index contributed by atoms with van der Waals surface area (Å²) in [6.45, 7) is -0.724. The van der Waals surface area contributed by atoms with Crippen LogP contribution in [0.25, 0.3) is 0 Å². The molecule has 0 amide bonds. The molecule has 1 aromatic rings. The number of hydrogen-bond acceptors (Lipinski definition) is 5. The average molecular weight is 280 g/mol. The number of nitro groups is 1. The van der Waals surface area contributed by atoms with Crippen molar-refractivity contribution in [1.29, 1.82) is 0 Å². The molecule has 0 heterocycles. The van der Waals surface area contributed by atoms with Crippen LogP contribution >= 0.6 is 0 Å². The number of rotatable bonds is 5. The zero-order chi connectivity index (χ0) is 14.6. The number of hydrogen-bond donors (Lipinski definition) is 3. The van der Waals surface area contributed by atoms with Gasteiger partial charge in [-0.05, 0) is 12.1 Å². The molecule has 0 saturated heterocycles. The lowest BCUT2D eigenvalue weighted by Gasteiger charge is -2.13. The third-order valence-electron chi connectivity index (χ3n) is 2.25. The van der Waals surface area contributed by atoms with Gasteiger partial charge in [0, 0.05) is 18.3 Å². The van der Waals surface area contributed by atoms with E-state index in [1.807, 2.05) is 0 Å². The Morgan fingerprint density at radius 1 is 1.42 bits per heavy atom. The van der Waals surface area contributed by atoms with Crippen molar-refractivity contribution in [2.75, 3.05) is 18.5 Å². The van der Waals surface area contributed by atoms with E-state index in [4.69, 9.17) is 10.2 Å². The minimum atomic E-state index is -4.85. The quantitative estimate of drug-likeness (QED) is 0.559. The molecular weight excluding hydrogens is 269 g/mol. The Kier molecular flexibility index (Phi) is 4.67. The van der Waals surface area contributed by atoms with E-state index in [9.17, 15) is 23.3 Å². The molecular formula is C10H11F3N2O4. The van der Waals surface area contributed by atoms with E-state index in [-0.39, 0.29) is 12.2 Å². The molecule has 19 heavy (non-hydrogen) atoms. The van der Waals surface area contributed by atoms with Crippen LogP contribution in [-0.2, 0) is 6.18 Å². The Bertz CT molecular complexity index is 465. The first kappa shape index (κ1) is 15.2. The fraction of sp³-hybridized carbons (Fsp3) is 0.400. The van der Waals surface area contributed by atoms with Gasteiger partial charge < -0.3 is 15.5 Å². The first-order chi connectivity index (χ1) is 8.75. The summed E-state index contributed by atoms with van der Waals surface area (Å²) >= 11 is 0. The van der Waals surface area contributed by atoms with Gasteiger partial charge in [-0.15, -0.1) is 0 Å². The van der Waals surface area contributed by atoms with E-state index in [1.54, 1.807) is 0 Å². The molecule has 106 valence electrons. The summed E-state index contributed by atoms with van der Waals surface area (Å²) in [4.78, 5) is 9.39. The number of nitro benzene ring substituents is 1. The van der Waals surface area contributed by atoms with E-state index in [2.05, 4.69) is 5.32 Å². The fourth-order valence-electron chi connectivity index (χ4n) is 1.33. The summed E-state index contributed by atoms with van der Waals surface area (Å²) in [5.74, 6) is 0. The number of anilines is 1. The molecule has 0 bridgehead atoms. The van der Waals surface area contributed by atoms with E-state index < -0.39 is 35.1 Å². The molecule has 0 aromatic heterocycles. The molecule has 0 aliphatic carbocycles. The molecule has 0 spiro atoms. The summed E-state index contributed by atoms with van der Waals surface area (Å²) in [6, 6.07) is 2.41. The predicted molar refractivity (Wildman–Crippen MR) is 59.7 cm³/mol. The van der Waals surface area contributed by atoms with Crippen LogP contribution in [0.4, 0.5) is 24.5 Å². The molecule has 0 fully saturated rings. The van der Waals surface area contributed by atoms with Crippen LogP contribution in [0.5, 0.6) is 0 Å². The normalized spacial score (nSPS) is 13.1. The van der Waals surface area contributed by atoms with Crippen molar-refractivity contribution in [3.8, 4) is 0 Å².